The molecule has 4 atom stereocenters. The molecule has 4 unspecified atom stereocenters. The van der Waals surface area contributed by atoms with E-state index in [-0.39, 0.29) is 30.2 Å². The van der Waals surface area contributed by atoms with Gasteiger partial charge < -0.3 is 15.2 Å². The summed E-state index contributed by atoms with van der Waals surface area (Å²) < 4.78 is 11.4. The van der Waals surface area contributed by atoms with Gasteiger partial charge in [0.1, 0.15) is 6.10 Å². The maximum atomic E-state index is 12.3. The Hall–Kier alpha value is -0.610. The highest BCUT2D eigenvalue weighted by atomic mass is 16.6. The molecule has 0 radical (unpaired) electrons. The van der Waals surface area contributed by atoms with Crippen molar-refractivity contribution in [2.75, 3.05) is 6.54 Å². The van der Waals surface area contributed by atoms with Crippen molar-refractivity contribution in [3.8, 4) is 0 Å². The lowest BCUT2D eigenvalue weighted by Crippen LogP contribution is -2.39. The molecule has 0 aromatic carbocycles. The maximum Gasteiger partial charge on any atom is 0.309 e. The lowest BCUT2D eigenvalue weighted by Gasteiger charge is -2.34. The van der Waals surface area contributed by atoms with Crippen molar-refractivity contribution in [3.05, 3.63) is 0 Å². The zero-order chi connectivity index (χ0) is 13.8. The summed E-state index contributed by atoms with van der Waals surface area (Å²) in [6, 6.07) is 0. The van der Waals surface area contributed by atoms with Crippen molar-refractivity contribution in [2.24, 2.45) is 17.6 Å². The lowest BCUT2D eigenvalue weighted by atomic mass is 9.79. The Kier molecular flexibility index (Phi) is 5.22. The topological polar surface area (TPSA) is 61.5 Å². The molecule has 2 aliphatic rings. The Morgan fingerprint density at radius 2 is 1.84 bits per heavy atom. The van der Waals surface area contributed by atoms with Crippen LogP contribution in [0.4, 0.5) is 0 Å². The van der Waals surface area contributed by atoms with Crippen molar-refractivity contribution < 1.29 is 14.3 Å². The van der Waals surface area contributed by atoms with Crippen molar-refractivity contribution in [1.82, 2.24) is 0 Å². The monoisotopic (exact) mass is 269 g/mol. The molecule has 0 amide bonds. The number of ether oxygens (including phenoxy) is 2. The summed E-state index contributed by atoms with van der Waals surface area (Å²) >= 11 is 0. The van der Waals surface area contributed by atoms with E-state index in [1.54, 1.807) is 0 Å². The normalized spacial score (nSPS) is 39.8. The van der Waals surface area contributed by atoms with E-state index in [1.165, 1.54) is 6.42 Å². The van der Waals surface area contributed by atoms with Gasteiger partial charge in [-0.2, -0.15) is 0 Å². The van der Waals surface area contributed by atoms with Crippen LogP contribution in [0, 0.1) is 11.8 Å². The average molecular weight is 269 g/mol. The van der Waals surface area contributed by atoms with Gasteiger partial charge in [0.15, 0.2) is 0 Å². The number of esters is 1. The molecular formula is C15H27NO3. The molecule has 19 heavy (non-hydrogen) atoms. The summed E-state index contributed by atoms with van der Waals surface area (Å²) in [5.41, 5.74) is 5.78. The van der Waals surface area contributed by atoms with E-state index in [4.69, 9.17) is 15.2 Å². The summed E-state index contributed by atoms with van der Waals surface area (Å²) in [7, 11) is 0. The summed E-state index contributed by atoms with van der Waals surface area (Å²) in [5, 5.41) is 0. The van der Waals surface area contributed by atoms with Gasteiger partial charge in [0.2, 0.25) is 0 Å². The second-order valence-electron chi connectivity index (χ2n) is 6.17. The Labute approximate surface area is 116 Å². The fraction of sp³-hybridized carbons (Fsp3) is 0.933. The minimum Gasteiger partial charge on any atom is -0.462 e. The molecule has 1 aliphatic carbocycles. The summed E-state index contributed by atoms with van der Waals surface area (Å²) in [4.78, 5) is 12.3. The first-order valence-electron chi connectivity index (χ1n) is 7.66. The maximum absolute atomic E-state index is 12.3. The molecule has 1 saturated heterocycles. The molecule has 0 bridgehead atoms. The van der Waals surface area contributed by atoms with Gasteiger partial charge in [0.05, 0.1) is 18.1 Å². The standard InChI is InChI=1S/C15H27NO3/c1-10-7-13(8-11(2)18-10)19-15(17)14-6-4-3-5-12(14)9-16/h10-14H,3-9,16H2,1-2H3. The van der Waals surface area contributed by atoms with Crippen LogP contribution in [0.2, 0.25) is 0 Å². The zero-order valence-corrected chi connectivity index (χ0v) is 12.1. The number of carbonyl (C=O) groups is 1. The molecule has 1 saturated carbocycles. The fourth-order valence-corrected chi connectivity index (χ4v) is 3.49. The van der Waals surface area contributed by atoms with E-state index in [2.05, 4.69) is 0 Å². The molecule has 110 valence electrons. The van der Waals surface area contributed by atoms with Crippen molar-refractivity contribution in [3.63, 3.8) is 0 Å². The van der Waals surface area contributed by atoms with Gasteiger partial charge >= 0.3 is 5.97 Å². The van der Waals surface area contributed by atoms with Crippen molar-refractivity contribution >= 4 is 5.97 Å². The molecule has 4 nitrogen and oxygen atoms in total. The third kappa shape index (κ3) is 3.93. The van der Waals surface area contributed by atoms with Crippen LogP contribution in [-0.2, 0) is 14.3 Å². The van der Waals surface area contributed by atoms with Gasteiger partial charge in [0.25, 0.3) is 0 Å². The van der Waals surface area contributed by atoms with Gasteiger partial charge in [-0.3, -0.25) is 4.79 Å². The predicted octanol–water partition coefficient (Wildman–Crippen LogP) is 2.25. The van der Waals surface area contributed by atoms with E-state index in [0.29, 0.717) is 12.5 Å². The highest BCUT2D eigenvalue weighted by Crippen LogP contribution is 2.31. The summed E-state index contributed by atoms with van der Waals surface area (Å²) in [6.07, 6.45) is 6.33. The zero-order valence-electron chi connectivity index (χ0n) is 12.1. The molecule has 0 aromatic heterocycles. The molecule has 2 fully saturated rings. The van der Waals surface area contributed by atoms with E-state index >= 15 is 0 Å². The molecule has 1 aliphatic heterocycles. The first-order chi connectivity index (χ1) is 9.10. The number of rotatable bonds is 3. The van der Waals surface area contributed by atoms with Crippen LogP contribution in [0.3, 0.4) is 0 Å². The molecule has 2 N–H and O–H groups in total. The number of carbonyl (C=O) groups excluding carboxylic acids is 1. The highest BCUT2D eigenvalue weighted by molar-refractivity contribution is 5.73. The average Bonchev–Trinajstić information content (AvgIpc) is 2.37. The van der Waals surface area contributed by atoms with Gasteiger partial charge in [-0.15, -0.1) is 0 Å². The Morgan fingerprint density at radius 1 is 1.21 bits per heavy atom. The van der Waals surface area contributed by atoms with E-state index < -0.39 is 0 Å². The highest BCUT2D eigenvalue weighted by Gasteiger charge is 2.34. The molecule has 4 heteroatoms. The second-order valence-corrected chi connectivity index (χ2v) is 6.17. The lowest BCUT2D eigenvalue weighted by molar-refractivity contribution is -0.167. The Morgan fingerprint density at radius 3 is 2.47 bits per heavy atom. The van der Waals surface area contributed by atoms with E-state index in [9.17, 15) is 4.79 Å². The smallest absolute Gasteiger partial charge is 0.309 e. The Bertz CT molecular complexity index is 298. The molecule has 2 rings (SSSR count). The van der Waals surface area contributed by atoms with Gasteiger partial charge in [-0.1, -0.05) is 12.8 Å². The molecule has 0 spiro atoms. The second kappa shape index (κ2) is 6.71. The minimum atomic E-state index is -0.0264. The van der Waals surface area contributed by atoms with Crippen LogP contribution in [0.15, 0.2) is 0 Å². The predicted molar refractivity (Wildman–Crippen MR) is 73.6 cm³/mol. The fourth-order valence-electron chi connectivity index (χ4n) is 3.49. The third-order valence-electron chi connectivity index (χ3n) is 4.45. The SMILES string of the molecule is CC1CC(OC(=O)C2CCCCC2CN)CC(C)O1. The minimum absolute atomic E-state index is 0.0200. The number of hydrogen-bond donors (Lipinski definition) is 1. The van der Waals surface area contributed by atoms with E-state index in [1.807, 2.05) is 13.8 Å². The van der Waals surface area contributed by atoms with Crippen LogP contribution in [0.25, 0.3) is 0 Å². The van der Waals surface area contributed by atoms with E-state index in [0.717, 1.165) is 32.1 Å². The van der Waals surface area contributed by atoms with Crippen LogP contribution in [0.5, 0.6) is 0 Å². The number of hydrogen-bond acceptors (Lipinski definition) is 4. The largest absolute Gasteiger partial charge is 0.462 e. The van der Waals surface area contributed by atoms with Crippen LogP contribution >= 0.6 is 0 Å². The summed E-state index contributed by atoms with van der Waals surface area (Å²) in [6.45, 7) is 4.68. The van der Waals surface area contributed by atoms with Gasteiger partial charge in [-0.05, 0) is 39.2 Å². The summed E-state index contributed by atoms with van der Waals surface area (Å²) in [5.74, 6) is 0.310. The number of nitrogens with two attached hydrogens (primary N) is 1. The van der Waals surface area contributed by atoms with Crippen LogP contribution in [0.1, 0.15) is 52.4 Å². The molecular weight excluding hydrogens is 242 g/mol. The Balaban J connectivity index is 1.88. The first-order valence-corrected chi connectivity index (χ1v) is 7.66. The molecule has 1 heterocycles. The quantitative estimate of drug-likeness (QED) is 0.798. The van der Waals surface area contributed by atoms with Crippen LogP contribution < -0.4 is 5.73 Å². The van der Waals surface area contributed by atoms with Gasteiger partial charge in [0, 0.05) is 12.8 Å². The third-order valence-corrected chi connectivity index (χ3v) is 4.45. The van der Waals surface area contributed by atoms with Crippen molar-refractivity contribution in [1.29, 1.82) is 0 Å². The van der Waals surface area contributed by atoms with Crippen LogP contribution in [-0.4, -0.2) is 30.8 Å². The van der Waals surface area contributed by atoms with Crippen molar-refractivity contribution in [2.45, 2.75) is 70.7 Å². The molecule has 0 aromatic rings. The van der Waals surface area contributed by atoms with Gasteiger partial charge in [-0.25, -0.2) is 0 Å². The first kappa shape index (κ1) is 14.8.